The number of aliphatic hydroxyl groups is 1. The minimum Gasteiger partial charge on any atom is -0.510 e. The summed E-state index contributed by atoms with van der Waals surface area (Å²) in [6, 6.07) is 0. The van der Waals surface area contributed by atoms with Gasteiger partial charge < -0.3 is 9.84 Å². The van der Waals surface area contributed by atoms with E-state index in [1.165, 1.54) is 38.5 Å². The van der Waals surface area contributed by atoms with Crippen LogP contribution in [0.1, 0.15) is 165 Å². The van der Waals surface area contributed by atoms with E-state index in [2.05, 4.69) is 48.5 Å². The molecule has 0 aliphatic heterocycles. The third-order valence-electron chi connectivity index (χ3n) is 8.64. The van der Waals surface area contributed by atoms with Gasteiger partial charge >= 0.3 is 5.97 Å². The fraction of sp³-hybridized carbons (Fsp3) is 0.811. The number of allylic oxidation sites excluding steroid dienone is 3. The van der Waals surface area contributed by atoms with E-state index in [1.807, 2.05) is 0 Å². The number of carbonyl (C=O) groups excluding carboxylic acids is 3. The third kappa shape index (κ3) is 12.0. The zero-order valence-corrected chi connectivity index (χ0v) is 28.7. The van der Waals surface area contributed by atoms with Gasteiger partial charge in [0, 0.05) is 17.9 Å². The first kappa shape index (κ1) is 38.1. The number of rotatable bonds is 22. The molecule has 1 aliphatic rings. The molecule has 0 atom stereocenters. The summed E-state index contributed by atoms with van der Waals surface area (Å²) in [4.78, 5) is 41.4. The zero-order valence-electron chi connectivity index (χ0n) is 28.7. The predicted molar refractivity (Wildman–Crippen MR) is 174 cm³/mol. The van der Waals surface area contributed by atoms with Crippen molar-refractivity contribution in [1.82, 2.24) is 0 Å². The van der Waals surface area contributed by atoms with Crippen molar-refractivity contribution in [2.45, 2.75) is 165 Å². The highest BCUT2D eigenvalue weighted by molar-refractivity contribution is 6.11. The van der Waals surface area contributed by atoms with E-state index in [0.29, 0.717) is 49.0 Å². The Morgan fingerprint density at radius 2 is 1.21 bits per heavy atom. The molecule has 5 nitrogen and oxygen atoms in total. The molecule has 0 heterocycles. The Morgan fingerprint density at radius 1 is 0.738 bits per heavy atom. The van der Waals surface area contributed by atoms with Crippen LogP contribution >= 0.6 is 0 Å². The van der Waals surface area contributed by atoms with Crippen LogP contribution in [0.2, 0.25) is 0 Å². The summed E-state index contributed by atoms with van der Waals surface area (Å²) in [6.45, 7) is 18.4. The Hall–Kier alpha value is -1.91. The topological polar surface area (TPSA) is 80.7 Å². The molecule has 0 amide bonds. The molecule has 0 saturated heterocycles. The van der Waals surface area contributed by atoms with Gasteiger partial charge in [0.2, 0.25) is 0 Å². The molecule has 242 valence electrons. The van der Waals surface area contributed by atoms with Crippen molar-refractivity contribution in [2.24, 2.45) is 29.1 Å². The minimum atomic E-state index is -1.16. The maximum atomic E-state index is 14.5. The van der Waals surface area contributed by atoms with Crippen molar-refractivity contribution in [2.75, 3.05) is 0 Å². The van der Waals surface area contributed by atoms with Crippen LogP contribution < -0.4 is 0 Å². The van der Waals surface area contributed by atoms with Gasteiger partial charge in [-0.15, -0.1) is 0 Å². The van der Waals surface area contributed by atoms with Gasteiger partial charge in [0.05, 0.1) is 11.0 Å². The lowest BCUT2D eigenvalue weighted by molar-refractivity contribution is -0.140. The van der Waals surface area contributed by atoms with Crippen LogP contribution in [0.4, 0.5) is 0 Å². The Kier molecular flexibility index (Phi) is 17.6. The Bertz CT molecular complexity index is 906. The van der Waals surface area contributed by atoms with Crippen LogP contribution in [-0.2, 0) is 19.1 Å². The molecule has 1 aliphatic carbocycles. The smallest absolute Gasteiger partial charge is 0.311 e. The lowest BCUT2D eigenvalue weighted by Crippen LogP contribution is -2.42. The summed E-state index contributed by atoms with van der Waals surface area (Å²) in [6.07, 6.45) is 14.1. The Balaban J connectivity index is 3.37. The van der Waals surface area contributed by atoms with Crippen molar-refractivity contribution < 1.29 is 24.2 Å². The van der Waals surface area contributed by atoms with Gasteiger partial charge in [0.25, 0.3) is 0 Å². The molecule has 0 aromatic rings. The average molecular weight is 589 g/mol. The molecule has 1 N–H and O–H groups in total. The highest BCUT2D eigenvalue weighted by Gasteiger charge is 2.51. The van der Waals surface area contributed by atoms with Gasteiger partial charge in [-0.1, -0.05) is 114 Å². The highest BCUT2D eigenvalue weighted by atomic mass is 16.5. The number of ketones is 2. The van der Waals surface area contributed by atoms with Gasteiger partial charge in [-0.25, -0.2) is 0 Å². The van der Waals surface area contributed by atoms with E-state index < -0.39 is 17.3 Å². The summed E-state index contributed by atoms with van der Waals surface area (Å²) in [7, 11) is 0. The van der Waals surface area contributed by atoms with Crippen molar-refractivity contribution in [3.8, 4) is 0 Å². The summed E-state index contributed by atoms with van der Waals surface area (Å²) in [5.41, 5.74) is -0.678. The largest absolute Gasteiger partial charge is 0.510 e. The lowest BCUT2D eigenvalue weighted by atomic mass is 9.64. The first-order valence-corrected chi connectivity index (χ1v) is 17.2. The van der Waals surface area contributed by atoms with Crippen LogP contribution in [0, 0.1) is 29.1 Å². The molecule has 42 heavy (non-hydrogen) atoms. The van der Waals surface area contributed by atoms with E-state index in [4.69, 9.17) is 4.74 Å². The third-order valence-corrected chi connectivity index (χ3v) is 8.64. The first-order valence-electron chi connectivity index (χ1n) is 17.2. The number of esters is 1. The van der Waals surface area contributed by atoms with Crippen molar-refractivity contribution in [3.63, 3.8) is 0 Å². The van der Waals surface area contributed by atoms with E-state index in [9.17, 15) is 19.5 Å². The van der Waals surface area contributed by atoms with Crippen LogP contribution in [-0.4, -0.2) is 22.6 Å². The normalized spacial score (nSPS) is 15.6. The van der Waals surface area contributed by atoms with Gasteiger partial charge in [0.15, 0.2) is 17.3 Å². The molecule has 0 unspecified atom stereocenters. The number of unbranched alkanes of at least 4 members (excludes halogenated alkanes) is 8. The van der Waals surface area contributed by atoms with Gasteiger partial charge in [-0.2, -0.15) is 0 Å². The summed E-state index contributed by atoms with van der Waals surface area (Å²) < 4.78 is 5.96. The van der Waals surface area contributed by atoms with Gasteiger partial charge in [-0.3, -0.25) is 14.4 Å². The molecule has 0 radical (unpaired) electrons. The number of carbonyl (C=O) groups is 3. The van der Waals surface area contributed by atoms with Crippen LogP contribution in [0.15, 0.2) is 22.7 Å². The molecule has 0 spiro atoms. The van der Waals surface area contributed by atoms with Crippen molar-refractivity contribution >= 4 is 17.5 Å². The average Bonchev–Trinajstić information content (AvgIpc) is 2.91. The molecule has 0 bridgehead atoms. The predicted octanol–water partition coefficient (Wildman–Crippen LogP) is 10.6. The fourth-order valence-electron chi connectivity index (χ4n) is 5.69. The van der Waals surface area contributed by atoms with E-state index in [0.717, 1.165) is 32.1 Å². The van der Waals surface area contributed by atoms with E-state index in [1.54, 1.807) is 13.8 Å². The molecule has 0 aromatic carbocycles. The Labute approximate surface area is 258 Å². The standard InChI is InChI=1S/C37H64O5/c1-10-11-12-13-14-15-16-17-18-19-31(38)42-34-30(21-20-26(2)3)35(40)37(24-22-27(4)5,25-23-28(6)7)36(41)32(34)33(39)29(8)9/h26-29,41H,10-25H2,1-9H3. The zero-order chi connectivity index (χ0) is 31.9. The molecule has 0 aromatic heterocycles. The number of hydrogen-bond acceptors (Lipinski definition) is 5. The van der Waals surface area contributed by atoms with Crippen LogP contribution in [0.3, 0.4) is 0 Å². The summed E-state index contributed by atoms with van der Waals surface area (Å²) in [5.74, 6) is -0.418. The Morgan fingerprint density at radius 3 is 1.67 bits per heavy atom. The van der Waals surface area contributed by atoms with E-state index in [-0.39, 0.29) is 35.1 Å². The summed E-state index contributed by atoms with van der Waals surface area (Å²) >= 11 is 0. The second-order valence-corrected chi connectivity index (χ2v) is 14.3. The molecule has 1 rings (SSSR count). The number of ether oxygens (including phenoxy) is 1. The van der Waals surface area contributed by atoms with Crippen molar-refractivity contribution in [3.05, 3.63) is 22.7 Å². The van der Waals surface area contributed by atoms with Gasteiger partial charge in [0.1, 0.15) is 5.76 Å². The number of hydrogen-bond donors (Lipinski definition) is 1. The monoisotopic (exact) mass is 588 g/mol. The molecule has 5 heteroatoms. The van der Waals surface area contributed by atoms with Gasteiger partial charge in [-0.05, 0) is 62.7 Å². The second kappa shape index (κ2) is 19.4. The van der Waals surface area contributed by atoms with Crippen molar-refractivity contribution in [1.29, 1.82) is 0 Å². The highest BCUT2D eigenvalue weighted by Crippen LogP contribution is 2.49. The molecular weight excluding hydrogens is 524 g/mol. The van der Waals surface area contributed by atoms with E-state index >= 15 is 0 Å². The minimum absolute atomic E-state index is 0.0301. The second-order valence-electron chi connectivity index (χ2n) is 14.3. The molecular formula is C37H64O5. The quantitative estimate of drug-likeness (QED) is 0.100. The van der Waals surface area contributed by atoms with Crippen LogP contribution in [0.5, 0.6) is 0 Å². The number of Topliss-reactive ketones (excluding diaryl/α,β-unsaturated/α-hetero) is 2. The fourth-order valence-corrected chi connectivity index (χ4v) is 5.69. The maximum Gasteiger partial charge on any atom is 0.311 e. The molecule has 0 fully saturated rings. The summed E-state index contributed by atoms with van der Waals surface area (Å²) in [5, 5.41) is 11.9. The number of aliphatic hydroxyl groups excluding tert-OH is 1. The SMILES string of the molecule is CCCCCCCCCCCC(=O)OC1=C(CCC(C)C)C(=O)C(CCC(C)C)(CCC(C)C)C(O)=C1C(=O)C(C)C. The molecule has 0 saturated carbocycles. The van der Waals surface area contributed by atoms with Crippen LogP contribution in [0.25, 0.3) is 0 Å². The maximum absolute atomic E-state index is 14.5. The first-order chi connectivity index (χ1) is 19.8. The lowest BCUT2D eigenvalue weighted by Gasteiger charge is -2.39.